The van der Waals surface area contributed by atoms with Crippen LogP contribution in [0.2, 0.25) is 0 Å². The Kier molecular flexibility index (Phi) is 8.21. The molecule has 2 aliphatic heterocycles. The number of aliphatic imine (C=N–C) groups is 1. The van der Waals surface area contributed by atoms with Crippen LogP contribution in [-0.4, -0.2) is 61.6 Å². The highest BCUT2D eigenvalue weighted by atomic mass is 15.3. The van der Waals surface area contributed by atoms with Crippen molar-refractivity contribution in [3.05, 3.63) is 0 Å². The minimum Gasteiger partial charge on any atom is -0.357 e. The average molecular weight is 323 g/mol. The van der Waals surface area contributed by atoms with E-state index < -0.39 is 0 Å². The molecule has 2 fully saturated rings. The molecular weight excluding hydrogens is 284 g/mol. The standard InChI is InChI=1S/C19H38N4/c1-4-20-19(23-14-8-10-18(3)16-23)21-11-5-6-12-22-13-7-9-17(2)15-22/h17-18H,4-16H2,1-3H3,(H,20,21). The van der Waals surface area contributed by atoms with Gasteiger partial charge in [0.15, 0.2) is 5.96 Å². The lowest BCUT2D eigenvalue weighted by Crippen LogP contribution is -2.46. The number of nitrogens with one attached hydrogen (secondary N) is 1. The summed E-state index contributed by atoms with van der Waals surface area (Å²) in [6, 6.07) is 0. The van der Waals surface area contributed by atoms with Crippen LogP contribution < -0.4 is 5.32 Å². The number of hydrogen-bond donors (Lipinski definition) is 1. The highest BCUT2D eigenvalue weighted by molar-refractivity contribution is 5.80. The summed E-state index contributed by atoms with van der Waals surface area (Å²) >= 11 is 0. The lowest BCUT2D eigenvalue weighted by atomic mass is 10.0. The first-order valence-electron chi connectivity index (χ1n) is 9.94. The summed E-state index contributed by atoms with van der Waals surface area (Å²) in [7, 11) is 0. The predicted molar refractivity (Wildman–Crippen MR) is 100 cm³/mol. The van der Waals surface area contributed by atoms with Crippen molar-refractivity contribution >= 4 is 5.96 Å². The maximum absolute atomic E-state index is 4.88. The summed E-state index contributed by atoms with van der Waals surface area (Å²) in [5.41, 5.74) is 0. The van der Waals surface area contributed by atoms with Crippen LogP contribution in [0.5, 0.6) is 0 Å². The van der Waals surface area contributed by atoms with Crippen LogP contribution in [0.25, 0.3) is 0 Å². The Balaban J connectivity index is 1.68. The summed E-state index contributed by atoms with van der Waals surface area (Å²) in [4.78, 5) is 9.99. The minimum atomic E-state index is 0.800. The molecule has 0 aromatic carbocycles. The molecule has 0 saturated carbocycles. The molecule has 4 heteroatoms. The number of nitrogens with zero attached hydrogens (tertiary/aromatic N) is 3. The van der Waals surface area contributed by atoms with Crippen LogP contribution in [0, 0.1) is 11.8 Å². The van der Waals surface area contributed by atoms with Gasteiger partial charge in [-0.25, -0.2) is 0 Å². The van der Waals surface area contributed by atoms with E-state index >= 15 is 0 Å². The molecule has 23 heavy (non-hydrogen) atoms. The SMILES string of the molecule is CCNC(=NCCCCN1CCCC(C)C1)N1CCCC(C)C1. The van der Waals surface area contributed by atoms with Gasteiger partial charge in [0.1, 0.15) is 0 Å². The molecule has 2 unspecified atom stereocenters. The fourth-order valence-electron chi connectivity index (χ4n) is 3.93. The quantitative estimate of drug-likeness (QED) is 0.463. The first kappa shape index (κ1) is 18.6. The molecule has 1 N–H and O–H groups in total. The lowest BCUT2D eigenvalue weighted by molar-refractivity contribution is 0.181. The van der Waals surface area contributed by atoms with Gasteiger partial charge >= 0.3 is 0 Å². The zero-order valence-corrected chi connectivity index (χ0v) is 15.7. The van der Waals surface area contributed by atoms with E-state index in [-0.39, 0.29) is 0 Å². The number of rotatable bonds is 6. The van der Waals surface area contributed by atoms with Crippen LogP contribution in [0.4, 0.5) is 0 Å². The van der Waals surface area contributed by atoms with Crippen LogP contribution in [0.3, 0.4) is 0 Å². The first-order chi connectivity index (χ1) is 11.2. The molecule has 2 saturated heterocycles. The van der Waals surface area contributed by atoms with Gasteiger partial charge in [0.25, 0.3) is 0 Å². The van der Waals surface area contributed by atoms with Gasteiger partial charge in [-0.3, -0.25) is 4.99 Å². The third-order valence-electron chi connectivity index (χ3n) is 5.18. The maximum Gasteiger partial charge on any atom is 0.193 e. The highest BCUT2D eigenvalue weighted by Crippen LogP contribution is 2.16. The lowest BCUT2D eigenvalue weighted by Gasteiger charge is -2.33. The molecule has 0 spiro atoms. The minimum absolute atomic E-state index is 0.800. The van der Waals surface area contributed by atoms with Crippen molar-refractivity contribution in [1.82, 2.24) is 15.1 Å². The predicted octanol–water partition coefficient (Wildman–Crippen LogP) is 3.20. The van der Waals surface area contributed by atoms with Crippen molar-refractivity contribution in [3.63, 3.8) is 0 Å². The van der Waals surface area contributed by atoms with Gasteiger partial charge < -0.3 is 15.1 Å². The number of piperidine rings is 2. The van der Waals surface area contributed by atoms with Gasteiger partial charge in [-0.2, -0.15) is 0 Å². The van der Waals surface area contributed by atoms with E-state index in [0.29, 0.717) is 0 Å². The first-order valence-corrected chi connectivity index (χ1v) is 9.94. The van der Waals surface area contributed by atoms with E-state index in [2.05, 4.69) is 35.9 Å². The fourth-order valence-corrected chi connectivity index (χ4v) is 3.93. The van der Waals surface area contributed by atoms with E-state index in [1.807, 2.05) is 0 Å². The second-order valence-corrected chi connectivity index (χ2v) is 7.68. The van der Waals surface area contributed by atoms with Crippen molar-refractivity contribution in [2.45, 2.75) is 59.3 Å². The topological polar surface area (TPSA) is 30.9 Å². The monoisotopic (exact) mass is 322 g/mol. The highest BCUT2D eigenvalue weighted by Gasteiger charge is 2.19. The van der Waals surface area contributed by atoms with E-state index in [0.717, 1.165) is 37.4 Å². The molecule has 134 valence electrons. The fraction of sp³-hybridized carbons (Fsp3) is 0.947. The van der Waals surface area contributed by atoms with Crippen molar-refractivity contribution in [2.24, 2.45) is 16.8 Å². The smallest absolute Gasteiger partial charge is 0.193 e. The summed E-state index contributed by atoms with van der Waals surface area (Å²) < 4.78 is 0. The summed E-state index contributed by atoms with van der Waals surface area (Å²) in [5, 5.41) is 3.48. The summed E-state index contributed by atoms with van der Waals surface area (Å²) in [5.74, 6) is 2.84. The normalized spacial score (nSPS) is 27.3. The second kappa shape index (κ2) is 10.2. The molecule has 0 aromatic rings. The van der Waals surface area contributed by atoms with Crippen molar-refractivity contribution < 1.29 is 0 Å². The third-order valence-corrected chi connectivity index (χ3v) is 5.18. The molecule has 4 nitrogen and oxygen atoms in total. The molecule has 0 bridgehead atoms. The Labute approximate surface area is 143 Å². The molecule has 2 rings (SSSR count). The Hall–Kier alpha value is -0.770. The van der Waals surface area contributed by atoms with E-state index in [1.54, 1.807) is 0 Å². The average Bonchev–Trinajstić information content (AvgIpc) is 2.53. The number of likely N-dealkylation sites (tertiary alicyclic amines) is 2. The van der Waals surface area contributed by atoms with Gasteiger partial charge in [0.2, 0.25) is 0 Å². The van der Waals surface area contributed by atoms with Crippen molar-refractivity contribution in [1.29, 1.82) is 0 Å². The summed E-state index contributed by atoms with van der Waals surface area (Å²) in [6.07, 6.45) is 7.97. The van der Waals surface area contributed by atoms with E-state index in [9.17, 15) is 0 Å². The van der Waals surface area contributed by atoms with Gasteiger partial charge in [-0.15, -0.1) is 0 Å². The molecule has 0 aliphatic carbocycles. The zero-order chi connectivity index (χ0) is 16.5. The molecule has 2 heterocycles. The molecule has 0 aromatic heterocycles. The van der Waals surface area contributed by atoms with Crippen LogP contribution in [0.1, 0.15) is 59.3 Å². The Morgan fingerprint density at radius 3 is 2.48 bits per heavy atom. The molecular formula is C19H38N4. The van der Waals surface area contributed by atoms with Gasteiger partial charge in [0, 0.05) is 32.7 Å². The Morgan fingerprint density at radius 2 is 1.78 bits per heavy atom. The molecule has 0 amide bonds. The number of hydrogen-bond acceptors (Lipinski definition) is 2. The zero-order valence-electron chi connectivity index (χ0n) is 15.7. The van der Waals surface area contributed by atoms with Gasteiger partial charge in [-0.05, 0) is 70.4 Å². The molecule has 2 atom stereocenters. The second-order valence-electron chi connectivity index (χ2n) is 7.68. The van der Waals surface area contributed by atoms with Crippen molar-refractivity contribution in [3.8, 4) is 0 Å². The van der Waals surface area contributed by atoms with Crippen LogP contribution >= 0.6 is 0 Å². The molecule has 2 aliphatic rings. The Bertz CT molecular complexity index is 355. The number of unbranched alkanes of at least 4 members (excludes halogenated alkanes) is 1. The number of guanidine groups is 1. The largest absolute Gasteiger partial charge is 0.357 e. The molecule has 0 radical (unpaired) electrons. The van der Waals surface area contributed by atoms with Gasteiger partial charge in [0.05, 0.1) is 0 Å². The van der Waals surface area contributed by atoms with Crippen LogP contribution in [-0.2, 0) is 0 Å². The maximum atomic E-state index is 4.88. The van der Waals surface area contributed by atoms with Gasteiger partial charge in [-0.1, -0.05) is 13.8 Å². The Morgan fingerprint density at radius 1 is 1.04 bits per heavy atom. The van der Waals surface area contributed by atoms with E-state index in [4.69, 9.17) is 4.99 Å². The van der Waals surface area contributed by atoms with E-state index in [1.165, 1.54) is 64.7 Å². The third kappa shape index (κ3) is 6.70. The van der Waals surface area contributed by atoms with Crippen LogP contribution in [0.15, 0.2) is 4.99 Å². The summed E-state index contributed by atoms with van der Waals surface area (Å²) in [6.45, 7) is 15.1. The van der Waals surface area contributed by atoms with Crippen molar-refractivity contribution in [2.75, 3.05) is 45.8 Å².